The molecule has 0 aliphatic rings. The molecule has 5 heteroatoms. The average Bonchev–Trinajstić information content (AvgIpc) is 3.42. The maximum atomic E-state index is 12.8. The summed E-state index contributed by atoms with van der Waals surface area (Å²) in [4.78, 5) is 21.7. The average molecular weight is 370 g/mol. The Morgan fingerprint density at radius 3 is 1.46 bits per heavy atom. The fourth-order valence-electron chi connectivity index (χ4n) is 3.36. The molecular formula is C23H22N4O. The van der Waals surface area contributed by atoms with Gasteiger partial charge in [0.2, 0.25) is 0 Å². The minimum absolute atomic E-state index is 0.00997. The van der Waals surface area contributed by atoms with Gasteiger partial charge in [-0.05, 0) is 13.8 Å². The Morgan fingerprint density at radius 1 is 0.714 bits per heavy atom. The van der Waals surface area contributed by atoms with Gasteiger partial charge < -0.3 is 9.13 Å². The van der Waals surface area contributed by atoms with E-state index in [4.69, 9.17) is 0 Å². The predicted molar refractivity (Wildman–Crippen MR) is 110 cm³/mol. The molecule has 0 bridgehead atoms. The van der Waals surface area contributed by atoms with E-state index in [-0.39, 0.29) is 5.78 Å². The number of aromatic nitrogens is 4. The largest absolute Gasteiger partial charge is 0.331 e. The second-order valence-electron chi connectivity index (χ2n) is 6.56. The fourth-order valence-corrected chi connectivity index (χ4v) is 3.36. The van der Waals surface area contributed by atoms with Crippen molar-refractivity contribution < 1.29 is 4.79 Å². The Balaban J connectivity index is 1.56. The van der Waals surface area contributed by atoms with E-state index in [0.717, 1.165) is 35.9 Å². The van der Waals surface area contributed by atoms with Crippen LogP contribution in [0.1, 0.15) is 29.8 Å². The summed E-state index contributed by atoms with van der Waals surface area (Å²) in [7, 11) is 0. The lowest BCUT2D eigenvalue weighted by atomic mass is 10.0. The first-order valence-corrected chi connectivity index (χ1v) is 9.49. The highest BCUT2D eigenvalue weighted by Crippen LogP contribution is 2.22. The van der Waals surface area contributed by atoms with Crippen molar-refractivity contribution in [2.45, 2.75) is 26.9 Å². The van der Waals surface area contributed by atoms with Gasteiger partial charge in [-0.3, -0.25) is 4.79 Å². The zero-order valence-electron chi connectivity index (χ0n) is 16.0. The van der Waals surface area contributed by atoms with Crippen molar-refractivity contribution in [3.05, 3.63) is 84.4 Å². The third kappa shape index (κ3) is 3.27. The third-order valence-electron chi connectivity index (χ3n) is 4.92. The van der Waals surface area contributed by atoms with Crippen LogP contribution < -0.4 is 0 Å². The summed E-state index contributed by atoms with van der Waals surface area (Å²) in [5.74, 6) is 1.84. The minimum Gasteiger partial charge on any atom is -0.331 e. The Kier molecular flexibility index (Phi) is 4.89. The van der Waals surface area contributed by atoms with Gasteiger partial charge in [0.25, 0.3) is 0 Å². The van der Waals surface area contributed by atoms with Gasteiger partial charge in [0, 0.05) is 60.1 Å². The highest BCUT2D eigenvalue weighted by atomic mass is 16.1. The third-order valence-corrected chi connectivity index (χ3v) is 4.92. The molecule has 0 amide bonds. The number of carbonyl (C=O) groups excluding carboxylic acids is 1. The number of carbonyl (C=O) groups is 1. The molecule has 0 aliphatic carbocycles. The van der Waals surface area contributed by atoms with Crippen LogP contribution in [0, 0.1) is 0 Å². The zero-order chi connectivity index (χ0) is 19.5. The van der Waals surface area contributed by atoms with Gasteiger partial charge in [-0.2, -0.15) is 0 Å². The van der Waals surface area contributed by atoms with Crippen LogP contribution in [0.3, 0.4) is 0 Å². The van der Waals surface area contributed by atoms with E-state index in [0.29, 0.717) is 11.1 Å². The first-order valence-electron chi connectivity index (χ1n) is 9.49. The van der Waals surface area contributed by atoms with Crippen molar-refractivity contribution in [2.24, 2.45) is 0 Å². The van der Waals surface area contributed by atoms with E-state index in [9.17, 15) is 4.79 Å². The molecule has 0 radical (unpaired) electrons. The van der Waals surface area contributed by atoms with E-state index < -0.39 is 0 Å². The maximum Gasteiger partial charge on any atom is 0.193 e. The van der Waals surface area contributed by atoms with Gasteiger partial charge in [-0.1, -0.05) is 48.5 Å². The molecule has 28 heavy (non-hydrogen) atoms. The van der Waals surface area contributed by atoms with E-state index in [2.05, 4.69) is 32.9 Å². The monoisotopic (exact) mass is 370 g/mol. The first-order chi connectivity index (χ1) is 13.7. The molecule has 0 spiro atoms. The van der Waals surface area contributed by atoms with Crippen molar-refractivity contribution in [2.75, 3.05) is 0 Å². The second-order valence-corrected chi connectivity index (χ2v) is 6.56. The lowest BCUT2D eigenvalue weighted by Crippen LogP contribution is -2.02. The predicted octanol–water partition coefficient (Wildman–Crippen LogP) is 4.68. The van der Waals surface area contributed by atoms with Crippen LogP contribution in [0.5, 0.6) is 0 Å². The van der Waals surface area contributed by atoms with Crippen LogP contribution in [-0.2, 0) is 13.1 Å². The van der Waals surface area contributed by atoms with Crippen molar-refractivity contribution in [1.29, 1.82) is 0 Å². The number of ketones is 1. The number of benzene rings is 2. The quantitative estimate of drug-likeness (QED) is 0.463. The molecule has 2 aromatic heterocycles. The Morgan fingerprint density at radius 2 is 1.11 bits per heavy atom. The summed E-state index contributed by atoms with van der Waals surface area (Å²) in [5, 5.41) is 0. The Hall–Kier alpha value is -3.47. The SMILES string of the molecule is CCn1ccnc1-c1ccc(C(=O)c2ccc(-c3nccn3CC)cc2)cc1. The highest BCUT2D eigenvalue weighted by Gasteiger charge is 2.12. The van der Waals surface area contributed by atoms with E-state index in [1.54, 1.807) is 12.4 Å². The van der Waals surface area contributed by atoms with Gasteiger partial charge in [0.1, 0.15) is 11.6 Å². The van der Waals surface area contributed by atoms with Crippen molar-refractivity contribution in [3.8, 4) is 22.8 Å². The number of imidazole rings is 2. The topological polar surface area (TPSA) is 52.7 Å². The van der Waals surface area contributed by atoms with Crippen LogP contribution >= 0.6 is 0 Å². The summed E-state index contributed by atoms with van der Waals surface area (Å²) in [6, 6.07) is 15.3. The number of rotatable bonds is 6. The van der Waals surface area contributed by atoms with Gasteiger partial charge in [-0.25, -0.2) is 9.97 Å². The molecule has 140 valence electrons. The summed E-state index contributed by atoms with van der Waals surface area (Å²) < 4.78 is 4.16. The van der Waals surface area contributed by atoms with Crippen LogP contribution in [-0.4, -0.2) is 24.9 Å². The molecular weight excluding hydrogens is 348 g/mol. The molecule has 0 saturated carbocycles. The second kappa shape index (κ2) is 7.64. The standard InChI is InChI=1S/C23H22N4O/c1-3-26-15-13-24-22(26)19-9-5-17(6-10-19)21(28)18-7-11-20(12-8-18)23-25-14-16-27(23)4-2/h5-16H,3-4H2,1-2H3. The summed E-state index contributed by atoms with van der Waals surface area (Å²) in [5.41, 5.74) is 3.35. The molecule has 0 atom stereocenters. The smallest absolute Gasteiger partial charge is 0.193 e. The van der Waals surface area contributed by atoms with Gasteiger partial charge in [-0.15, -0.1) is 0 Å². The number of nitrogens with zero attached hydrogens (tertiary/aromatic N) is 4. The normalized spacial score (nSPS) is 10.9. The zero-order valence-corrected chi connectivity index (χ0v) is 16.0. The summed E-state index contributed by atoms with van der Waals surface area (Å²) >= 11 is 0. The summed E-state index contributed by atoms with van der Waals surface area (Å²) in [6.07, 6.45) is 7.51. The first kappa shape index (κ1) is 17.9. The van der Waals surface area contributed by atoms with E-state index >= 15 is 0 Å². The fraction of sp³-hybridized carbons (Fsp3) is 0.174. The molecule has 4 aromatic rings. The van der Waals surface area contributed by atoms with Crippen molar-refractivity contribution in [1.82, 2.24) is 19.1 Å². The Labute approximate surface area is 164 Å². The van der Waals surface area contributed by atoms with Crippen LogP contribution in [0.25, 0.3) is 22.8 Å². The lowest BCUT2D eigenvalue weighted by Gasteiger charge is -2.07. The number of aryl methyl sites for hydroxylation is 2. The van der Waals surface area contributed by atoms with Crippen LogP contribution in [0.4, 0.5) is 0 Å². The molecule has 2 aromatic carbocycles. The number of hydrogen-bond acceptors (Lipinski definition) is 3. The molecule has 0 aliphatic heterocycles. The van der Waals surface area contributed by atoms with Gasteiger partial charge in [0.05, 0.1) is 0 Å². The van der Waals surface area contributed by atoms with E-state index in [1.165, 1.54) is 0 Å². The lowest BCUT2D eigenvalue weighted by molar-refractivity contribution is 0.103. The molecule has 4 rings (SSSR count). The molecule has 0 fully saturated rings. The van der Waals surface area contributed by atoms with E-state index in [1.807, 2.05) is 60.9 Å². The maximum absolute atomic E-state index is 12.8. The number of hydrogen-bond donors (Lipinski definition) is 0. The van der Waals surface area contributed by atoms with Gasteiger partial charge >= 0.3 is 0 Å². The Bertz CT molecular complexity index is 1000. The van der Waals surface area contributed by atoms with Crippen LogP contribution in [0.15, 0.2) is 73.3 Å². The highest BCUT2D eigenvalue weighted by molar-refractivity contribution is 6.09. The van der Waals surface area contributed by atoms with Crippen molar-refractivity contribution >= 4 is 5.78 Å². The van der Waals surface area contributed by atoms with Crippen LogP contribution in [0.2, 0.25) is 0 Å². The molecule has 5 nitrogen and oxygen atoms in total. The van der Waals surface area contributed by atoms with Crippen molar-refractivity contribution in [3.63, 3.8) is 0 Å². The molecule has 0 unspecified atom stereocenters. The minimum atomic E-state index is 0.00997. The molecule has 2 heterocycles. The summed E-state index contributed by atoms with van der Waals surface area (Å²) in [6.45, 7) is 5.89. The molecule has 0 N–H and O–H groups in total. The van der Waals surface area contributed by atoms with Gasteiger partial charge in [0.15, 0.2) is 5.78 Å². The molecule has 0 saturated heterocycles.